The number of rotatable bonds is 6. The molecular weight excluding hydrogens is 530 g/mol. The van der Waals surface area contributed by atoms with Crippen LogP contribution in [0.25, 0.3) is 11.1 Å². The highest BCUT2D eigenvalue weighted by atomic mass is 16.7. The van der Waals surface area contributed by atoms with Gasteiger partial charge in [-0.3, -0.25) is 0 Å². The van der Waals surface area contributed by atoms with Gasteiger partial charge in [0.15, 0.2) is 0 Å². The zero-order chi connectivity index (χ0) is 31.0. The number of benzene rings is 3. The van der Waals surface area contributed by atoms with Gasteiger partial charge >= 0.3 is 14.2 Å². The van der Waals surface area contributed by atoms with Gasteiger partial charge < -0.3 is 18.6 Å². The maximum absolute atomic E-state index is 6.49. The van der Waals surface area contributed by atoms with Crippen LogP contribution in [-0.4, -0.2) is 36.6 Å². The van der Waals surface area contributed by atoms with Crippen molar-refractivity contribution in [2.75, 3.05) is 0 Å². The van der Waals surface area contributed by atoms with Gasteiger partial charge in [0.2, 0.25) is 0 Å². The summed E-state index contributed by atoms with van der Waals surface area (Å²) in [5.41, 5.74) is 8.11. The molecule has 0 unspecified atom stereocenters. The topological polar surface area (TPSA) is 36.9 Å². The Bertz CT molecular complexity index is 1550. The van der Waals surface area contributed by atoms with Gasteiger partial charge in [-0.1, -0.05) is 86.6 Å². The van der Waals surface area contributed by atoms with E-state index < -0.39 is 36.6 Å². The molecule has 2 fully saturated rings. The van der Waals surface area contributed by atoms with Crippen LogP contribution >= 0.6 is 0 Å². The third kappa shape index (κ3) is 4.68. The van der Waals surface area contributed by atoms with E-state index in [1.165, 1.54) is 33.4 Å². The zero-order valence-corrected chi connectivity index (χ0v) is 27.6. The third-order valence-corrected chi connectivity index (χ3v) is 11.0. The van der Waals surface area contributed by atoms with Crippen LogP contribution in [0, 0.1) is 0 Å². The van der Waals surface area contributed by atoms with E-state index in [-0.39, 0.29) is 5.41 Å². The van der Waals surface area contributed by atoms with Crippen LogP contribution in [0.1, 0.15) is 104 Å². The molecular formula is C37H46B2O4. The quantitative estimate of drug-likeness (QED) is 0.289. The van der Waals surface area contributed by atoms with Gasteiger partial charge in [-0.2, -0.15) is 0 Å². The number of fused-ring (bicyclic) bond motifs is 1. The van der Waals surface area contributed by atoms with Crippen molar-refractivity contribution in [3.05, 3.63) is 95.1 Å². The minimum absolute atomic E-state index is 0.124. The Labute approximate surface area is 259 Å². The first-order valence-corrected chi connectivity index (χ1v) is 15.9. The van der Waals surface area contributed by atoms with E-state index in [9.17, 15) is 0 Å². The minimum Gasteiger partial charge on any atom is -0.399 e. The van der Waals surface area contributed by atoms with Crippen molar-refractivity contribution in [2.45, 2.75) is 110 Å². The van der Waals surface area contributed by atoms with Crippen LogP contribution < -0.4 is 10.9 Å². The first-order valence-electron chi connectivity index (χ1n) is 15.9. The summed E-state index contributed by atoms with van der Waals surface area (Å²) in [5.74, 6) is 0. The molecule has 0 amide bonds. The second kappa shape index (κ2) is 10.2. The van der Waals surface area contributed by atoms with Crippen molar-refractivity contribution < 1.29 is 18.6 Å². The third-order valence-electron chi connectivity index (χ3n) is 11.0. The fraction of sp³-hybridized carbons (Fsp3) is 0.459. The first kappa shape index (κ1) is 30.4. The lowest BCUT2D eigenvalue weighted by Gasteiger charge is -2.33. The van der Waals surface area contributed by atoms with Crippen molar-refractivity contribution in [2.24, 2.45) is 0 Å². The fourth-order valence-electron chi connectivity index (χ4n) is 6.97. The van der Waals surface area contributed by atoms with Crippen molar-refractivity contribution in [1.29, 1.82) is 0 Å². The summed E-state index contributed by atoms with van der Waals surface area (Å²) in [6, 6.07) is 26.6. The average molecular weight is 576 g/mol. The van der Waals surface area contributed by atoms with Crippen LogP contribution in [0.2, 0.25) is 0 Å². The Morgan fingerprint density at radius 1 is 0.535 bits per heavy atom. The fourth-order valence-corrected chi connectivity index (χ4v) is 6.97. The monoisotopic (exact) mass is 576 g/mol. The summed E-state index contributed by atoms with van der Waals surface area (Å²) >= 11 is 0. The normalized spacial score (nSPS) is 22.7. The number of allylic oxidation sites excluding steroid dienone is 1. The summed E-state index contributed by atoms with van der Waals surface area (Å²) in [5, 5.41) is 0. The van der Waals surface area contributed by atoms with Crippen LogP contribution in [0.3, 0.4) is 0 Å². The maximum Gasteiger partial charge on any atom is 0.494 e. The minimum atomic E-state index is -0.417. The Hall–Kier alpha value is -2.63. The Morgan fingerprint density at radius 3 is 1.47 bits per heavy atom. The number of hydrogen-bond acceptors (Lipinski definition) is 4. The van der Waals surface area contributed by atoms with Crippen LogP contribution in [-0.2, 0) is 24.0 Å². The van der Waals surface area contributed by atoms with Gasteiger partial charge in [0.25, 0.3) is 0 Å². The molecule has 0 radical (unpaired) electrons. The molecule has 3 aliphatic rings. The summed E-state index contributed by atoms with van der Waals surface area (Å²) in [6.07, 6.45) is 1.99. The molecule has 0 bridgehead atoms. The van der Waals surface area contributed by atoms with Gasteiger partial charge in [0, 0.05) is 5.41 Å². The lowest BCUT2D eigenvalue weighted by molar-refractivity contribution is 0.00578. The summed E-state index contributed by atoms with van der Waals surface area (Å²) in [7, 11) is -0.832. The van der Waals surface area contributed by atoms with Crippen molar-refractivity contribution in [3.8, 4) is 0 Å². The van der Waals surface area contributed by atoms with E-state index in [0.717, 1.165) is 23.8 Å². The highest BCUT2D eigenvalue weighted by Gasteiger charge is 2.53. The van der Waals surface area contributed by atoms with E-state index in [0.29, 0.717) is 0 Å². The molecule has 2 heterocycles. The Morgan fingerprint density at radius 2 is 0.977 bits per heavy atom. The van der Waals surface area contributed by atoms with Crippen LogP contribution in [0.4, 0.5) is 0 Å². The molecule has 4 nitrogen and oxygen atoms in total. The van der Waals surface area contributed by atoms with Gasteiger partial charge in [0.1, 0.15) is 0 Å². The average Bonchev–Trinajstić information content (AvgIpc) is 3.48. The second-order valence-electron chi connectivity index (χ2n) is 14.5. The molecule has 2 saturated heterocycles. The smallest absolute Gasteiger partial charge is 0.399 e. The largest absolute Gasteiger partial charge is 0.494 e. The molecule has 0 aromatic heterocycles. The molecule has 0 saturated carbocycles. The lowest BCUT2D eigenvalue weighted by atomic mass is 9.69. The predicted molar refractivity (Wildman–Crippen MR) is 179 cm³/mol. The highest BCUT2D eigenvalue weighted by Crippen LogP contribution is 2.56. The molecule has 2 aliphatic heterocycles. The predicted octanol–water partition coefficient (Wildman–Crippen LogP) is 7.32. The molecule has 1 aliphatic carbocycles. The van der Waals surface area contributed by atoms with E-state index in [1.807, 2.05) is 0 Å². The summed E-state index contributed by atoms with van der Waals surface area (Å²) < 4.78 is 25.9. The van der Waals surface area contributed by atoms with Crippen LogP contribution in [0.5, 0.6) is 0 Å². The molecule has 6 rings (SSSR count). The summed E-state index contributed by atoms with van der Waals surface area (Å²) in [6.45, 7) is 21.5. The molecule has 3 aromatic rings. The summed E-state index contributed by atoms with van der Waals surface area (Å²) in [4.78, 5) is 0. The van der Waals surface area contributed by atoms with E-state index in [1.54, 1.807) is 0 Å². The molecule has 6 heteroatoms. The van der Waals surface area contributed by atoms with Gasteiger partial charge in [0.05, 0.1) is 22.4 Å². The van der Waals surface area contributed by atoms with E-state index in [2.05, 4.69) is 142 Å². The van der Waals surface area contributed by atoms with Gasteiger partial charge in [-0.05, 0) is 113 Å². The SMILES string of the molecule is CCC1(CC)C(c2cccc(B3OC(C)(C)C(C)(C)O3)c2)=C(c2cccc(B3OC(C)(C)C(C)(C)O3)c2)c2ccccc21. The van der Waals surface area contributed by atoms with Crippen molar-refractivity contribution in [1.82, 2.24) is 0 Å². The van der Waals surface area contributed by atoms with Gasteiger partial charge in [-0.25, -0.2) is 0 Å². The zero-order valence-electron chi connectivity index (χ0n) is 27.6. The molecule has 0 spiro atoms. The van der Waals surface area contributed by atoms with E-state index in [4.69, 9.17) is 18.6 Å². The molecule has 224 valence electrons. The van der Waals surface area contributed by atoms with Crippen LogP contribution in [0.15, 0.2) is 72.8 Å². The molecule has 43 heavy (non-hydrogen) atoms. The number of hydrogen-bond donors (Lipinski definition) is 0. The van der Waals surface area contributed by atoms with Gasteiger partial charge in [-0.15, -0.1) is 0 Å². The van der Waals surface area contributed by atoms with E-state index >= 15 is 0 Å². The first-order chi connectivity index (χ1) is 20.2. The Kier molecular flexibility index (Phi) is 7.21. The van der Waals surface area contributed by atoms with Crippen molar-refractivity contribution in [3.63, 3.8) is 0 Å². The molecule has 0 atom stereocenters. The maximum atomic E-state index is 6.49. The standard InChI is InChI=1S/C37H46B2O4/c1-11-37(12-2)30-22-14-13-21-29(30)31(25-17-15-19-27(23-25)38-40-33(3,4)34(5,6)41-38)32(37)26-18-16-20-28(24-26)39-42-35(7,8)36(9,10)43-39/h13-24H,11-12H2,1-10H3. The highest BCUT2D eigenvalue weighted by molar-refractivity contribution is 6.62. The molecule has 0 N–H and O–H groups in total. The lowest BCUT2D eigenvalue weighted by Crippen LogP contribution is -2.41. The Balaban J connectivity index is 1.53. The molecule has 3 aromatic carbocycles. The second-order valence-corrected chi connectivity index (χ2v) is 14.5. The van der Waals surface area contributed by atoms with Crippen molar-refractivity contribution >= 4 is 36.3 Å².